The van der Waals surface area contributed by atoms with Crippen molar-refractivity contribution >= 4 is 12.1 Å². The number of aromatic nitrogens is 2. The third-order valence-electron chi connectivity index (χ3n) is 3.70. The van der Waals surface area contributed by atoms with Gasteiger partial charge in [-0.15, -0.1) is 0 Å². The summed E-state index contributed by atoms with van der Waals surface area (Å²) in [5.41, 5.74) is 1.35. The third-order valence-corrected chi connectivity index (χ3v) is 3.70. The molecule has 7 nitrogen and oxygen atoms in total. The minimum absolute atomic E-state index is 0.152. The summed E-state index contributed by atoms with van der Waals surface area (Å²) in [6.07, 6.45) is 0.337. The van der Waals surface area contributed by atoms with Crippen LogP contribution in [0.5, 0.6) is 0 Å². The lowest BCUT2D eigenvalue weighted by molar-refractivity contribution is 0.0159. The Morgan fingerprint density at radius 1 is 1.30 bits per heavy atom. The van der Waals surface area contributed by atoms with E-state index in [1.54, 1.807) is 23.6 Å². The van der Waals surface area contributed by atoms with Crippen LogP contribution in [0.15, 0.2) is 0 Å². The molecular weight excluding hydrogens is 298 g/mol. The summed E-state index contributed by atoms with van der Waals surface area (Å²) < 4.78 is 12.2. The second-order valence-electron chi connectivity index (χ2n) is 6.59. The highest BCUT2D eigenvalue weighted by Crippen LogP contribution is 2.38. The average molecular weight is 323 g/mol. The monoisotopic (exact) mass is 323 g/mol. The van der Waals surface area contributed by atoms with E-state index in [-0.39, 0.29) is 24.4 Å². The van der Waals surface area contributed by atoms with Crippen molar-refractivity contribution in [3.63, 3.8) is 0 Å². The van der Waals surface area contributed by atoms with Crippen LogP contribution in [0.4, 0.5) is 4.79 Å². The van der Waals surface area contributed by atoms with Gasteiger partial charge in [0, 0.05) is 12.6 Å². The largest absolute Gasteiger partial charge is 0.461 e. The molecule has 0 spiro atoms. The summed E-state index contributed by atoms with van der Waals surface area (Å²) in [6.45, 7) is 9.85. The topological polar surface area (TPSA) is 73.7 Å². The van der Waals surface area contributed by atoms with Crippen LogP contribution in [-0.4, -0.2) is 39.0 Å². The quantitative estimate of drug-likeness (QED) is 0.800. The second-order valence-corrected chi connectivity index (χ2v) is 6.59. The SMILES string of the molecule is CCOC(=O)c1nn(C)c2c1CN(C(=O)OC(C)(C)C)C2CC. The first-order valence-corrected chi connectivity index (χ1v) is 7.92. The number of rotatable bonds is 3. The molecule has 1 aromatic rings. The van der Waals surface area contributed by atoms with Gasteiger partial charge >= 0.3 is 12.1 Å². The number of amides is 1. The highest BCUT2D eigenvalue weighted by Gasteiger charge is 2.41. The van der Waals surface area contributed by atoms with Gasteiger partial charge in [-0.25, -0.2) is 9.59 Å². The lowest BCUT2D eigenvalue weighted by Gasteiger charge is -2.28. The molecule has 0 radical (unpaired) electrons. The van der Waals surface area contributed by atoms with Crippen molar-refractivity contribution in [2.24, 2.45) is 7.05 Å². The van der Waals surface area contributed by atoms with E-state index in [4.69, 9.17) is 9.47 Å². The Balaban J connectivity index is 2.34. The van der Waals surface area contributed by atoms with E-state index in [1.165, 1.54) is 0 Å². The van der Waals surface area contributed by atoms with Crippen LogP contribution in [0.25, 0.3) is 0 Å². The molecule has 2 rings (SSSR count). The lowest BCUT2D eigenvalue weighted by Crippen LogP contribution is -2.36. The van der Waals surface area contributed by atoms with Gasteiger partial charge < -0.3 is 9.47 Å². The average Bonchev–Trinajstić information content (AvgIpc) is 2.95. The number of aryl methyl sites for hydroxylation is 1. The first kappa shape index (κ1) is 17.3. The molecule has 1 aliphatic heterocycles. The number of carbonyl (C=O) groups is 2. The van der Waals surface area contributed by atoms with E-state index >= 15 is 0 Å². The van der Waals surface area contributed by atoms with Crippen LogP contribution >= 0.6 is 0 Å². The molecule has 1 unspecified atom stereocenters. The highest BCUT2D eigenvalue weighted by atomic mass is 16.6. The van der Waals surface area contributed by atoms with E-state index in [1.807, 2.05) is 27.7 Å². The molecule has 7 heteroatoms. The van der Waals surface area contributed by atoms with Crippen molar-refractivity contribution in [1.29, 1.82) is 0 Å². The molecule has 2 heterocycles. The molecule has 0 bridgehead atoms. The predicted octanol–water partition coefficient (Wildman–Crippen LogP) is 2.80. The van der Waals surface area contributed by atoms with E-state index in [0.717, 1.165) is 11.3 Å². The number of hydrogen-bond donors (Lipinski definition) is 0. The molecule has 1 aliphatic rings. The van der Waals surface area contributed by atoms with E-state index < -0.39 is 11.6 Å². The number of hydrogen-bond acceptors (Lipinski definition) is 5. The van der Waals surface area contributed by atoms with E-state index in [2.05, 4.69) is 5.10 Å². The van der Waals surface area contributed by atoms with Crippen LogP contribution in [0.1, 0.15) is 68.8 Å². The summed E-state index contributed by atoms with van der Waals surface area (Å²) in [4.78, 5) is 26.2. The van der Waals surface area contributed by atoms with Crippen LogP contribution < -0.4 is 0 Å². The molecule has 0 saturated heterocycles. The van der Waals surface area contributed by atoms with Gasteiger partial charge in [-0.05, 0) is 34.1 Å². The van der Waals surface area contributed by atoms with Crippen molar-refractivity contribution in [2.75, 3.05) is 6.61 Å². The maximum absolute atomic E-state index is 12.5. The van der Waals surface area contributed by atoms with Gasteiger partial charge in [-0.1, -0.05) is 6.92 Å². The normalized spacial score (nSPS) is 17.1. The molecule has 0 fully saturated rings. The van der Waals surface area contributed by atoms with Crippen molar-refractivity contribution in [3.8, 4) is 0 Å². The molecule has 0 N–H and O–H groups in total. The van der Waals surface area contributed by atoms with Gasteiger partial charge in [0.1, 0.15) is 5.60 Å². The first-order chi connectivity index (χ1) is 10.7. The maximum atomic E-state index is 12.5. The maximum Gasteiger partial charge on any atom is 0.411 e. The Hall–Kier alpha value is -2.05. The Labute approximate surface area is 136 Å². The fraction of sp³-hybridized carbons (Fsp3) is 0.688. The number of esters is 1. The number of carbonyl (C=O) groups excluding carboxylic acids is 2. The summed E-state index contributed by atoms with van der Waals surface area (Å²) >= 11 is 0. The van der Waals surface area contributed by atoms with Gasteiger partial charge in [0.25, 0.3) is 0 Å². The molecule has 0 aromatic carbocycles. The van der Waals surface area contributed by atoms with Gasteiger partial charge in [-0.2, -0.15) is 5.10 Å². The van der Waals surface area contributed by atoms with Crippen molar-refractivity contribution < 1.29 is 19.1 Å². The Kier molecular flexibility index (Phi) is 4.68. The van der Waals surface area contributed by atoms with Crippen molar-refractivity contribution in [3.05, 3.63) is 17.0 Å². The zero-order chi connectivity index (χ0) is 17.4. The molecule has 128 valence electrons. The third kappa shape index (κ3) is 3.33. The molecule has 0 aliphatic carbocycles. The van der Waals surface area contributed by atoms with Crippen molar-refractivity contribution in [1.82, 2.24) is 14.7 Å². The van der Waals surface area contributed by atoms with Crippen LogP contribution in [0.2, 0.25) is 0 Å². The molecule has 1 amide bonds. The zero-order valence-corrected chi connectivity index (χ0v) is 14.7. The highest BCUT2D eigenvalue weighted by molar-refractivity contribution is 5.90. The van der Waals surface area contributed by atoms with Crippen LogP contribution in [-0.2, 0) is 23.1 Å². The van der Waals surface area contributed by atoms with E-state index in [9.17, 15) is 9.59 Å². The lowest BCUT2D eigenvalue weighted by atomic mass is 10.1. The molecule has 0 saturated carbocycles. The van der Waals surface area contributed by atoms with Crippen molar-refractivity contribution in [2.45, 2.75) is 59.2 Å². The molecule has 1 atom stereocenters. The van der Waals surface area contributed by atoms with Crippen LogP contribution in [0.3, 0.4) is 0 Å². The number of ether oxygens (including phenoxy) is 2. The van der Waals surface area contributed by atoms with Crippen LogP contribution in [0, 0.1) is 0 Å². The Morgan fingerprint density at radius 2 is 1.96 bits per heavy atom. The summed E-state index contributed by atoms with van der Waals surface area (Å²) in [5, 5.41) is 4.28. The minimum Gasteiger partial charge on any atom is -0.461 e. The predicted molar refractivity (Wildman–Crippen MR) is 84.0 cm³/mol. The summed E-state index contributed by atoms with van der Waals surface area (Å²) in [7, 11) is 1.78. The molecular formula is C16H25N3O4. The molecule has 23 heavy (non-hydrogen) atoms. The Morgan fingerprint density at radius 3 is 2.48 bits per heavy atom. The van der Waals surface area contributed by atoms with Gasteiger partial charge in [0.05, 0.1) is 24.9 Å². The number of nitrogens with zero attached hydrogens (tertiary/aromatic N) is 3. The number of fused-ring (bicyclic) bond motifs is 1. The fourth-order valence-corrected chi connectivity index (χ4v) is 2.87. The fourth-order valence-electron chi connectivity index (χ4n) is 2.87. The Bertz CT molecular complexity index is 616. The van der Waals surface area contributed by atoms with Gasteiger partial charge in [-0.3, -0.25) is 9.58 Å². The summed E-state index contributed by atoms with van der Waals surface area (Å²) in [5.74, 6) is -0.453. The molecule has 1 aromatic heterocycles. The first-order valence-electron chi connectivity index (χ1n) is 7.92. The van der Waals surface area contributed by atoms with Gasteiger partial charge in [0.15, 0.2) is 5.69 Å². The zero-order valence-electron chi connectivity index (χ0n) is 14.7. The standard InChI is InChI=1S/C16H25N3O4/c1-7-11-13-10(9-19(11)15(21)23-16(3,4)5)12(17-18(13)6)14(20)22-8-2/h11H,7-9H2,1-6H3. The summed E-state index contributed by atoms with van der Waals surface area (Å²) in [6, 6.07) is -0.152. The smallest absolute Gasteiger partial charge is 0.411 e. The minimum atomic E-state index is -0.563. The van der Waals surface area contributed by atoms with E-state index in [0.29, 0.717) is 13.0 Å². The second kappa shape index (κ2) is 6.22. The van der Waals surface area contributed by atoms with Gasteiger partial charge in [0.2, 0.25) is 0 Å².